The van der Waals surface area contributed by atoms with Crippen molar-refractivity contribution in [3.05, 3.63) is 16.6 Å². The zero-order chi connectivity index (χ0) is 23.7. The van der Waals surface area contributed by atoms with E-state index in [1.165, 1.54) is 0 Å². The van der Waals surface area contributed by atoms with Crippen LogP contribution in [-0.4, -0.2) is 61.0 Å². The third kappa shape index (κ3) is 9.45. The van der Waals surface area contributed by atoms with Crippen molar-refractivity contribution in [1.29, 1.82) is 0 Å². The number of hydrogen-bond acceptors (Lipinski definition) is 5. The zero-order valence-corrected chi connectivity index (χ0v) is 23.0. The molecule has 1 aliphatic rings. The number of imidazole rings is 1. The van der Waals surface area contributed by atoms with E-state index in [9.17, 15) is 9.59 Å². The fourth-order valence-corrected chi connectivity index (χ4v) is 4.95. The number of unbranched alkanes of at least 4 members (excludes halogenated alkanes) is 2. The number of aromatic nitrogens is 2. The number of likely N-dealkylation sites (tertiary alicyclic amines) is 1. The average molecular weight is 530 g/mol. The summed E-state index contributed by atoms with van der Waals surface area (Å²) in [5.41, 5.74) is 0. The van der Waals surface area contributed by atoms with E-state index >= 15 is 0 Å². The highest BCUT2D eigenvalue weighted by molar-refractivity contribution is 9.10. The van der Waals surface area contributed by atoms with Gasteiger partial charge in [0.25, 0.3) is 0 Å². The number of hydrogen-bond donors (Lipinski definition) is 1. The molecule has 9 heteroatoms. The van der Waals surface area contributed by atoms with Gasteiger partial charge in [0.05, 0.1) is 12.0 Å². The predicted octanol–water partition coefficient (Wildman–Crippen LogP) is 4.61. The molecule has 2 rings (SSSR count). The third-order valence-corrected chi connectivity index (χ3v) is 8.00. The predicted molar refractivity (Wildman–Crippen MR) is 134 cm³/mol. The van der Waals surface area contributed by atoms with E-state index in [0.717, 1.165) is 61.9 Å². The number of ketones is 1. The van der Waals surface area contributed by atoms with Gasteiger partial charge in [-0.05, 0) is 41.9 Å². The Bertz CT molecular complexity index is 744. The van der Waals surface area contributed by atoms with Crippen LogP contribution in [0.3, 0.4) is 0 Å². The number of halogens is 1. The standard InChI is InChI=1S/C23H41BrN4O3Si/c1-6-19(29)10-8-7-9-11-20(25-23(30)18-14-27(2)15-18)22-26-21(24)16-28(22)17-31-12-13-32(3,4)5/h16,18,20H,6-15,17H2,1-5H3,(H,25,30)/t20-/m0/s1. The Labute approximate surface area is 202 Å². The number of Topliss-reactive ketones (excluding diaryl/α,β-unsaturated/α-hetero) is 1. The van der Waals surface area contributed by atoms with Gasteiger partial charge < -0.3 is 19.5 Å². The Hall–Kier alpha value is -1.03. The molecule has 0 bridgehead atoms. The molecular weight excluding hydrogens is 488 g/mol. The van der Waals surface area contributed by atoms with Crippen molar-refractivity contribution in [3.8, 4) is 0 Å². The van der Waals surface area contributed by atoms with Gasteiger partial charge in [0, 0.05) is 46.8 Å². The zero-order valence-electron chi connectivity index (χ0n) is 20.5. The SMILES string of the molecule is CCC(=O)CCCCC[C@H](NC(=O)C1CN(C)C1)c1nc(Br)cn1COCC[Si](C)(C)C. The Kier molecular flexibility index (Phi) is 11.1. The van der Waals surface area contributed by atoms with Crippen molar-refractivity contribution >= 4 is 35.7 Å². The van der Waals surface area contributed by atoms with Gasteiger partial charge in [-0.15, -0.1) is 0 Å². The number of amides is 1. The molecule has 1 amide bonds. The highest BCUT2D eigenvalue weighted by atomic mass is 79.9. The normalized spacial score (nSPS) is 16.1. The molecule has 1 fully saturated rings. The van der Waals surface area contributed by atoms with Crippen LogP contribution in [0, 0.1) is 5.92 Å². The third-order valence-electron chi connectivity index (χ3n) is 5.91. The van der Waals surface area contributed by atoms with E-state index in [2.05, 4.69) is 50.8 Å². The number of nitrogens with one attached hydrogen (secondary N) is 1. The largest absolute Gasteiger partial charge is 0.361 e. The maximum absolute atomic E-state index is 12.8. The Morgan fingerprint density at radius 2 is 2.00 bits per heavy atom. The van der Waals surface area contributed by atoms with E-state index in [1.54, 1.807) is 0 Å². The molecule has 1 aliphatic heterocycles. The van der Waals surface area contributed by atoms with Crippen LogP contribution in [0.4, 0.5) is 0 Å². The van der Waals surface area contributed by atoms with E-state index in [4.69, 9.17) is 4.74 Å². The van der Waals surface area contributed by atoms with E-state index < -0.39 is 8.07 Å². The summed E-state index contributed by atoms with van der Waals surface area (Å²) < 4.78 is 8.71. The minimum Gasteiger partial charge on any atom is -0.361 e. The fourth-order valence-electron chi connectivity index (χ4n) is 3.76. The molecule has 0 saturated carbocycles. The molecule has 0 aromatic carbocycles. The summed E-state index contributed by atoms with van der Waals surface area (Å²) in [6.45, 7) is 11.7. The topological polar surface area (TPSA) is 76.5 Å². The molecule has 1 atom stereocenters. The highest BCUT2D eigenvalue weighted by Gasteiger charge is 2.32. The maximum Gasteiger partial charge on any atom is 0.226 e. The second-order valence-electron chi connectivity index (χ2n) is 10.2. The molecule has 0 radical (unpaired) electrons. The number of ether oxygens (including phenoxy) is 1. The van der Waals surface area contributed by atoms with Crippen LogP contribution in [0.25, 0.3) is 0 Å². The lowest BCUT2D eigenvalue weighted by molar-refractivity contribution is -0.130. The number of rotatable bonds is 15. The lowest BCUT2D eigenvalue weighted by atomic mass is 9.98. The molecule has 0 unspecified atom stereocenters. The summed E-state index contributed by atoms with van der Waals surface area (Å²) in [5.74, 6) is 1.29. The van der Waals surface area contributed by atoms with Gasteiger partial charge in [0.15, 0.2) is 0 Å². The molecule has 1 aromatic heterocycles. The Morgan fingerprint density at radius 1 is 1.28 bits per heavy atom. The lowest BCUT2D eigenvalue weighted by Crippen LogP contribution is -2.52. The van der Waals surface area contributed by atoms with E-state index in [1.807, 2.05) is 24.7 Å². The van der Waals surface area contributed by atoms with Gasteiger partial charge in [-0.2, -0.15) is 0 Å². The summed E-state index contributed by atoms with van der Waals surface area (Å²) >= 11 is 3.50. The number of carbonyl (C=O) groups excluding carboxylic acids is 2. The monoisotopic (exact) mass is 528 g/mol. The summed E-state index contributed by atoms with van der Waals surface area (Å²) in [5, 5.41) is 3.25. The van der Waals surface area contributed by atoms with Crippen LogP contribution in [0.5, 0.6) is 0 Å². The highest BCUT2D eigenvalue weighted by Crippen LogP contribution is 2.24. The summed E-state index contributed by atoms with van der Waals surface area (Å²) in [4.78, 5) is 31.2. The number of nitrogens with zero attached hydrogens (tertiary/aromatic N) is 3. The summed E-state index contributed by atoms with van der Waals surface area (Å²) in [7, 11) is 0.884. The molecule has 2 heterocycles. The van der Waals surface area contributed by atoms with Gasteiger partial charge in [-0.25, -0.2) is 4.98 Å². The van der Waals surface area contributed by atoms with Gasteiger partial charge in [0.2, 0.25) is 5.91 Å². The van der Waals surface area contributed by atoms with Crippen molar-refractivity contribution < 1.29 is 14.3 Å². The Morgan fingerprint density at radius 3 is 2.62 bits per heavy atom. The van der Waals surface area contributed by atoms with Crippen molar-refractivity contribution in [1.82, 2.24) is 19.8 Å². The van der Waals surface area contributed by atoms with Crippen molar-refractivity contribution in [2.45, 2.75) is 83.9 Å². The quantitative estimate of drug-likeness (QED) is 0.265. The van der Waals surface area contributed by atoms with E-state index in [0.29, 0.717) is 25.4 Å². The minimum absolute atomic E-state index is 0.0459. The first-order valence-corrected chi connectivity index (χ1v) is 16.4. The van der Waals surface area contributed by atoms with Crippen molar-refractivity contribution in [2.75, 3.05) is 26.7 Å². The molecule has 1 aromatic rings. The van der Waals surface area contributed by atoms with E-state index in [-0.39, 0.29) is 17.9 Å². The summed E-state index contributed by atoms with van der Waals surface area (Å²) in [6.07, 6.45) is 6.79. The molecule has 1 N–H and O–H groups in total. The van der Waals surface area contributed by atoms with Crippen molar-refractivity contribution in [2.24, 2.45) is 5.92 Å². The molecule has 0 aliphatic carbocycles. The van der Waals surface area contributed by atoms with Gasteiger partial charge in [0.1, 0.15) is 22.9 Å². The maximum atomic E-state index is 12.8. The van der Waals surface area contributed by atoms with Crippen LogP contribution >= 0.6 is 15.9 Å². The first-order chi connectivity index (χ1) is 15.1. The smallest absolute Gasteiger partial charge is 0.226 e. The van der Waals surface area contributed by atoms with Gasteiger partial charge >= 0.3 is 0 Å². The second-order valence-corrected chi connectivity index (χ2v) is 16.6. The molecule has 0 spiro atoms. The van der Waals surface area contributed by atoms with Gasteiger partial charge in [-0.3, -0.25) is 9.59 Å². The molecule has 1 saturated heterocycles. The number of carbonyl (C=O) groups is 2. The van der Waals surface area contributed by atoms with Crippen LogP contribution in [0.15, 0.2) is 10.8 Å². The second kappa shape index (κ2) is 13.0. The fraction of sp³-hybridized carbons (Fsp3) is 0.783. The van der Waals surface area contributed by atoms with Crippen molar-refractivity contribution in [3.63, 3.8) is 0 Å². The average Bonchev–Trinajstić information content (AvgIpc) is 3.07. The minimum atomic E-state index is -1.14. The molecule has 182 valence electrons. The Balaban J connectivity index is 2.00. The molecule has 7 nitrogen and oxygen atoms in total. The molecule has 32 heavy (non-hydrogen) atoms. The first kappa shape index (κ1) is 27.2. The van der Waals surface area contributed by atoms with Crippen LogP contribution < -0.4 is 5.32 Å². The molecular formula is C23H41BrN4O3Si. The van der Waals surface area contributed by atoms with Crippen LogP contribution in [-0.2, 0) is 21.1 Å². The first-order valence-electron chi connectivity index (χ1n) is 11.9. The van der Waals surface area contributed by atoms with Crippen LogP contribution in [0.1, 0.15) is 57.3 Å². The van der Waals surface area contributed by atoms with Crippen LogP contribution in [0.2, 0.25) is 25.7 Å². The summed E-state index contributed by atoms with van der Waals surface area (Å²) in [6, 6.07) is 0.950. The van der Waals surface area contributed by atoms with Gasteiger partial charge in [-0.1, -0.05) is 39.4 Å². The lowest BCUT2D eigenvalue weighted by Gasteiger charge is -2.35.